The van der Waals surface area contributed by atoms with Crippen LogP contribution < -0.4 is 10.2 Å². The number of piperazine rings is 1. The lowest BCUT2D eigenvalue weighted by Crippen LogP contribution is -2.64. The zero-order valence-corrected chi connectivity index (χ0v) is 11.4. The lowest BCUT2D eigenvalue weighted by molar-refractivity contribution is -0.384. The molecule has 8 nitrogen and oxygen atoms in total. The molecule has 1 heterocycles. The van der Waals surface area contributed by atoms with Crippen LogP contribution in [0.1, 0.15) is 19.4 Å². The lowest BCUT2D eigenvalue weighted by Gasteiger charge is -2.42. The molecule has 0 aliphatic carbocycles. The first-order chi connectivity index (χ1) is 9.77. The van der Waals surface area contributed by atoms with Crippen molar-refractivity contribution in [2.24, 2.45) is 0 Å². The Morgan fingerprint density at radius 3 is 2.67 bits per heavy atom. The maximum absolute atomic E-state index is 11.9. The van der Waals surface area contributed by atoms with E-state index in [1.165, 1.54) is 17.0 Å². The number of nitriles is 1. The Balaban J connectivity index is 2.55. The number of nitrogens with one attached hydrogen (secondary N) is 1. The summed E-state index contributed by atoms with van der Waals surface area (Å²) in [6, 6.07) is 5.61. The van der Waals surface area contributed by atoms with E-state index in [0.717, 1.165) is 6.07 Å². The van der Waals surface area contributed by atoms with E-state index < -0.39 is 22.3 Å². The summed E-state index contributed by atoms with van der Waals surface area (Å²) in [6.45, 7) is 3.11. The molecule has 21 heavy (non-hydrogen) atoms. The number of hydrogen-bond acceptors (Lipinski definition) is 6. The Hall–Kier alpha value is -2.95. The molecule has 0 aromatic heterocycles. The molecule has 1 aliphatic heterocycles. The first-order valence-corrected chi connectivity index (χ1v) is 6.08. The summed E-state index contributed by atoms with van der Waals surface area (Å²) in [7, 11) is 0. The van der Waals surface area contributed by atoms with Crippen molar-refractivity contribution < 1.29 is 14.5 Å². The molecule has 1 N–H and O–H groups in total. The van der Waals surface area contributed by atoms with E-state index in [-0.39, 0.29) is 17.8 Å². The maximum atomic E-state index is 11.9. The van der Waals surface area contributed by atoms with Crippen LogP contribution in [-0.2, 0) is 9.59 Å². The molecular weight excluding hydrogens is 276 g/mol. The largest absolute Gasteiger partial charge is 0.347 e. The van der Waals surface area contributed by atoms with Crippen molar-refractivity contribution >= 4 is 23.2 Å². The van der Waals surface area contributed by atoms with Gasteiger partial charge < -0.3 is 4.90 Å². The van der Waals surface area contributed by atoms with Crippen LogP contribution in [-0.4, -0.2) is 28.8 Å². The standard InChI is InChI=1S/C13H12N4O4/c1-13(2)12(19)15-11(18)7-16(13)10-4-3-9(17(20)21)5-8(10)6-14/h3-5H,7H2,1-2H3,(H,15,18,19). The SMILES string of the molecule is CC1(C)C(=O)NC(=O)CN1c1ccc([N+](=O)[O-])cc1C#N. The molecule has 108 valence electrons. The van der Waals surface area contributed by atoms with Crippen molar-refractivity contribution in [3.8, 4) is 6.07 Å². The highest BCUT2D eigenvalue weighted by Gasteiger charge is 2.41. The fourth-order valence-electron chi connectivity index (χ4n) is 2.13. The fourth-order valence-corrected chi connectivity index (χ4v) is 2.13. The molecule has 1 aromatic carbocycles. The minimum absolute atomic E-state index is 0.0415. The van der Waals surface area contributed by atoms with Crippen LogP contribution in [0.15, 0.2) is 18.2 Å². The van der Waals surface area contributed by atoms with Gasteiger partial charge in [0.05, 0.1) is 22.7 Å². The molecule has 2 amide bonds. The summed E-state index contributed by atoms with van der Waals surface area (Å²) in [5, 5.41) is 22.2. The van der Waals surface area contributed by atoms with Crippen molar-refractivity contribution in [2.75, 3.05) is 11.4 Å². The summed E-state index contributed by atoms with van der Waals surface area (Å²) in [5.74, 6) is -0.970. The average Bonchev–Trinajstić information content (AvgIpc) is 2.42. The van der Waals surface area contributed by atoms with Crippen LogP contribution in [0.4, 0.5) is 11.4 Å². The zero-order chi connectivity index (χ0) is 15.8. The third-order valence-corrected chi connectivity index (χ3v) is 3.39. The van der Waals surface area contributed by atoms with Gasteiger partial charge in [0.2, 0.25) is 5.91 Å². The molecule has 2 rings (SSSR count). The van der Waals surface area contributed by atoms with Gasteiger partial charge in [-0.3, -0.25) is 25.0 Å². The first kappa shape index (κ1) is 14.5. The highest BCUT2D eigenvalue weighted by Crippen LogP contribution is 2.31. The number of nitro groups is 1. The fraction of sp³-hybridized carbons (Fsp3) is 0.308. The molecule has 0 atom stereocenters. The summed E-state index contributed by atoms with van der Waals surface area (Å²) in [4.78, 5) is 35.1. The summed E-state index contributed by atoms with van der Waals surface area (Å²) in [5.41, 5.74) is -0.910. The molecular formula is C13H12N4O4. The van der Waals surface area contributed by atoms with Gasteiger partial charge in [0.25, 0.3) is 11.6 Å². The number of carbonyl (C=O) groups excluding carboxylic acids is 2. The first-order valence-electron chi connectivity index (χ1n) is 6.08. The highest BCUT2D eigenvalue weighted by molar-refractivity contribution is 6.07. The average molecular weight is 288 g/mol. The smallest absolute Gasteiger partial charge is 0.270 e. The van der Waals surface area contributed by atoms with Crippen LogP contribution in [0.25, 0.3) is 0 Å². The van der Waals surface area contributed by atoms with Gasteiger partial charge in [-0.2, -0.15) is 5.26 Å². The van der Waals surface area contributed by atoms with E-state index in [1.807, 2.05) is 6.07 Å². The Morgan fingerprint density at radius 1 is 1.43 bits per heavy atom. The highest BCUT2D eigenvalue weighted by atomic mass is 16.6. The van der Waals surface area contributed by atoms with Crippen LogP contribution >= 0.6 is 0 Å². The van der Waals surface area contributed by atoms with Crippen molar-refractivity contribution in [3.05, 3.63) is 33.9 Å². The molecule has 1 aromatic rings. The Bertz CT molecular complexity index is 690. The quantitative estimate of drug-likeness (QED) is 0.486. The van der Waals surface area contributed by atoms with Gasteiger partial charge in [0, 0.05) is 12.1 Å². The van der Waals surface area contributed by atoms with Crippen LogP contribution in [0.5, 0.6) is 0 Å². The molecule has 0 bridgehead atoms. The number of amides is 2. The van der Waals surface area contributed by atoms with E-state index in [4.69, 9.17) is 0 Å². The molecule has 8 heteroatoms. The van der Waals surface area contributed by atoms with E-state index >= 15 is 0 Å². The van der Waals surface area contributed by atoms with Gasteiger partial charge in [-0.1, -0.05) is 0 Å². The second-order valence-corrected chi connectivity index (χ2v) is 5.09. The van der Waals surface area contributed by atoms with Crippen molar-refractivity contribution in [1.29, 1.82) is 5.26 Å². The normalized spacial score (nSPS) is 17.1. The minimum atomic E-state index is -1.05. The van der Waals surface area contributed by atoms with Crippen LogP contribution in [0, 0.1) is 21.4 Å². The number of anilines is 1. The Morgan fingerprint density at radius 2 is 2.10 bits per heavy atom. The summed E-state index contributed by atoms with van der Waals surface area (Å²) < 4.78 is 0. The number of benzene rings is 1. The summed E-state index contributed by atoms with van der Waals surface area (Å²) >= 11 is 0. The van der Waals surface area contributed by atoms with Crippen molar-refractivity contribution in [2.45, 2.75) is 19.4 Å². The number of nitro benzene ring substituents is 1. The predicted molar refractivity (Wildman–Crippen MR) is 72.4 cm³/mol. The van der Waals surface area contributed by atoms with Gasteiger partial charge in [-0.05, 0) is 19.9 Å². The van der Waals surface area contributed by atoms with E-state index in [0.29, 0.717) is 5.69 Å². The number of imide groups is 1. The zero-order valence-electron chi connectivity index (χ0n) is 11.4. The van der Waals surface area contributed by atoms with Crippen molar-refractivity contribution in [3.63, 3.8) is 0 Å². The molecule has 0 spiro atoms. The monoisotopic (exact) mass is 288 g/mol. The second-order valence-electron chi connectivity index (χ2n) is 5.09. The molecule has 1 aliphatic rings. The third-order valence-electron chi connectivity index (χ3n) is 3.39. The van der Waals surface area contributed by atoms with Crippen LogP contribution in [0.2, 0.25) is 0 Å². The predicted octanol–water partition coefficient (Wildman–Crippen LogP) is 0.708. The second kappa shape index (κ2) is 4.86. The number of non-ortho nitro benzene ring substituents is 1. The van der Waals surface area contributed by atoms with Crippen LogP contribution in [0.3, 0.4) is 0 Å². The summed E-state index contributed by atoms with van der Waals surface area (Å²) in [6.07, 6.45) is 0. The lowest BCUT2D eigenvalue weighted by atomic mass is 9.96. The molecule has 1 saturated heterocycles. The number of carbonyl (C=O) groups is 2. The number of rotatable bonds is 2. The topological polar surface area (TPSA) is 116 Å². The van der Waals surface area contributed by atoms with Gasteiger partial charge >= 0.3 is 0 Å². The Kier molecular flexibility index (Phi) is 3.35. The number of hydrogen-bond donors (Lipinski definition) is 1. The van der Waals surface area contributed by atoms with Crippen molar-refractivity contribution in [1.82, 2.24) is 5.32 Å². The van der Waals surface area contributed by atoms with Gasteiger partial charge in [-0.25, -0.2) is 0 Å². The third kappa shape index (κ3) is 2.41. The number of nitrogens with zero attached hydrogens (tertiary/aromatic N) is 3. The minimum Gasteiger partial charge on any atom is -0.347 e. The van der Waals surface area contributed by atoms with E-state index in [1.54, 1.807) is 13.8 Å². The molecule has 0 radical (unpaired) electrons. The van der Waals surface area contributed by atoms with E-state index in [9.17, 15) is 25.0 Å². The maximum Gasteiger partial charge on any atom is 0.270 e. The molecule has 0 unspecified atom stereocenters. The van der Waals surface area contributed by atoms with E-state index in [2.05, 4.69) is 5.32 Å². The van der Waals surface area contributed by atoms with Gasteiger partial charge in [-0.15, -0.1) is 0 Å². The molecule has 0 saturated carbocycles. The van der Waals surface area contributed by atoms with Gasteiger partial charge in [0.15, 0.2) is 0 Å². The Labute approximate surface area is 120 Å². The molecule has 1 fully saturated rings. The van der Waals surface area contributed by atoms with Gasteiger partial charge in [0.1, 0.15) is 11.6 Å².